The molecule has 126 valence electrons. The molecule has 5 nitrogen and oxygen atoms in total. The summed E-state index contributed by atoms with van der Waals surface area (Å²) in [7, 11) is 0. The lowest BCUT2D eigenvalue weighted by atomic mass is 9.91. The number of carbonyl (C=O) groups excluding carboxylic acids is 2. The van der Waals surface area contributed by atoms with E-state index < -0.39 is 12.0 Å². The highest BCUT2D eigenvalue weighted by atomic mass is 16.5. The Labute approximate surface area is 137 Å². The number of Topliss-reactive ketones (excluding diaryl/α,β-unsaturated/α-hetero) is 1. The first kappa shape index (κ1) is 17.6. The van der Waals surface area contributed by atoms with Crippen molar-refractivity contribution in [2.75, 3.05) is 13.1 Å². The van der Waals surface area contributed by atoms with E-state index in [0.29, 0.717) is 13.1 Å². The second-order valence-corrected chi connectivity index (χ2v) is 6.58. The van der Waals surface area contributed by atoms with E-state index in [4.69, 9.17) is 10.5 Å². The van der Waals surface area contributed by atoms with Gasteiger partial charge >= 0.3 is 0 Å². The van der Waals surface area contributed by atoms with Gasteiger partial charge in [-0.25, -0.2) is 0 Å². The number of benzene rings is 1. The smallest absolute Gasteiger partial charge is 0.247 e. The summed E-state index contributed by atoms with van der Waals surface area (Å²) < 4.78 is 5.59. The number of nitrogens with zero attached hydrogens (tertiary/aromatic N) is 1. The van der Waals surface area contributed by atoms with Crippen LogP contribution >= 0.6 is 0 Å². The average Bonchev–Trinajstić information content (AvgIpc) is 2.42. The Morgan fingerprint density at radius 3 is 2.48 bits per heavy atom. The molecule has 1 heterocycles. The van der Waals surface area contributed by atoms with Gasteiger partial charge in [-0.05, 0) is 56.9 Å². The molecule has 0 spiro atoms. The fourth-order valence-corrected chi connectivity index (χ4v) is 3.56. The number of rotatable bonds is 4. The molecule has 2 N–H and O–H groups in total. The molecule has 0 aliphatic carbocycles. The Bertz CT molecular complexity index is 640. The van der Waals surface area contributed by atoms with E-state index in [0.717, 1.165) is 28.8 Å². The number of ether oxygens (including phenoxy) is 1. The fourth-order valence-electron chi connectivity index (χ4n) is 3.56. The number of nitrogens with two attached hydrogens (primary N) is 1. The van der Waals surface area contributed by atoms with Gasteiger partial charge in [0.25, 0.3) is 0 Å². The summed E-state index contributed by atoms with van der Waals surface area (Å²) in [6.45, 7) is 11.5. The quantitative estimate of drug-likeness (QED) is 0.861. The topological polar surface area (TPSA) is 72.6 Å². The minimum Gasteiger partial charge on any atom is -0.367 e. The lowest BCUT2D eigenvalue weighted by Crippen LogP contribution is -2.51. The Kier molecular flexibility index (Phi) is 5.22. The minimum absolute atomic E-state index is 0.0420. The molecule has 0 aromatic heterocycles. The second-order valence-electron chi connectivity index (χ2n) is 6.58. The third-order valence-corrected chi connectivity index (χ3v) is 4.52. The normalized spacial score (nSPS) is 22.1. The molecule has 5 heteroatoms. The van der Waals surface area contributed by atoms with Gasteiger partial charge < -0.3 is 10.5 Å². The van der Waals surface area contributed by atoms with E-state index in [1.807, 2.05) is 20.8 Å². The van der Waals surface area contributed by atoms with E-state index in [2.05, 4.69) is 17.9 Å². The first-order valence-corrected chi connectivity index (χ1v) is 7.98. The molecule has 1 aliphatic rings. The molecule has 2 rings (SSSR count). The first-order chi connectivity index (χ1) is 10.7. The van der Waals surface area contributed by atoms with Gasteiger partial charge in [-0.2, -0.15) is 0 Å². The molecule has 0 radical (unpaired) electrons. The molecule has 1 aliphatic heterocycles. The summed E-state index contributed by atoms with van der Waals surface area (Å²) in [6.07, 6.45) is -0.614. The summed E-state index contributed by atoms with van der Waals surface area (Å²) in [5.74, 6) is -0.338. The van der Waals surface area contributed by atoms with Crippen molar-refractivity contribution < 1.29 is 14.3 Å². The number of amides is 1. The van der Waals surface area contributed by atoms with Gasteiger partial charge in [0.1, 0.15) is 6.10 Å². The van der Waals surface area contributed by atoms with Crippen molar-refractivity contribution in [1.29, 1.82) is 0 Å². The molecule has 1 saturated heterocycles. The average molecular weight is 318 g/mol. The molecule has 2 atom stereocenters. The van der Waals surface area contributed by atoms with Crippen LogP contribution in [0.15, 0.2) is 6.07 Å². The summed E-state index contributed by atoms with van der Waals surface area (Å²) >= 11 is 0. The van der Waals surface area contributed by atoms with Crippen LogP contribution in [-0.4, -0.2) is 41.9 Å². The van der Waals surface area contributed by atoms with Crippen LogP contribution in [-0.2, 0) is 16.1 Å². The molecular formula is C18H26N2O3. The van der Waals surface area contributed by atoms with Crippen LogP contribution in [0.25, 0.3) is 0 Å². The number of carbonyl (C=O) groups is 2. The predicted octanol–water partition coefficient (Wildman–Crippen LogP) is 1.89. The minimum atomic E-state index is -0.572. The molecule has 0 saturated carbocycles. The highest BCUT2D eigenvalue weighted by Crippen LogP contribution is 2.25. The monoisotopic (exact) mass is 318 g/mol. The number of morpholine rings is 1. The SMILES string of the molecule is CC(=O)c1c(C)cc(C)c(CN2C[C@@H](C)O[C@@H](C(N)=O)C2)c1C. The van der Waals surface area contributed by atoms with Crippen molar-refractivity contribution in [3.63, 3.8) is 0 Å². The Balaban J connectivity index is 2.31. The van der Waals surface area contributed by atoms with E-state index in [-0.39, 0.29) is 11.9 Å². The standard InChI is InChI=1S/C18H26N2O3/c1-10-6-11(2)17(14(5)21)13(4)15(10)8-20-7-12(3)23-16(9-20)18(19)22/h6,12,16H,7-9H2,1-5H3,(H2,19,22)/t12-,16-/m1/s1. The number of hydrogen-bond donors (Lipinski definition) is 1. The zero-order chi connectivity index (χ0) is 17.3. The van der Waals surface area contributed by atoms with Crippen molar-refractivity contribution in [3.8, 4) is 0 Å². The van der Waals surface area contributed by atoms with Gasteiger partial charge in [0.2, 0.25) is 5.91 Å². The van der Waals surface area contributed by atoms with Gasteiger partial charge in [-0.15, -0.1) is 0 Å². The van der Waals surface area contributed by atoms with Crippen molar-refractivity contribution >= 4 is 11.7 Å². The zero-order valence-electron chi connectivity index (χ0n) is 14.6. The maximum absolute atomic E-state index is 11.9. The van der Waals surface area contributed by atoms with Crippen LogP contribution in [0.3, 0.4) is 0 Å². The molecule has 1 amide bonds. The van der Waals surface area contributed by atoms with Gasteiger partial charge in [0, 0.05) is 25.2 Å². The van der Waals surface area contributed by atoms with Crippen LogP contribution in [0.2, 0.25) is 0 Å². The Morgan fingerprint density at radius 1 is 1.26 bits per heavy atom. The van der Waals surface area contributed by atoms with E-state index in [1.54, 1.807) is 6.92 Å². The number of aryl methyl sites for hydroxylation is 2. The number of primary amides is 1. The molecule has 23 heavy (non-hydrogen) atoms. The maximum Gasteiger partial charge on any atom is 0.247 e. The molecule has 1 aromatic rings. The van der Waals surface area contributed by atoms with E-state index >= 15 is 0 Å². The lowest BCUT2D eigenvalue weighted by molar-refractivity contribution is -0.142. The Morgan fingerprint density at radius 2 is 1.91 bits per heavy atom. The summed E-state index contributed by atoms with van der Waals surface area (Å²) in [5, 5.41) is 0. The molecule has 1 fully saturated rings. The first-order valence-electron chi connectivity index (χ1n) is 7.98. The summed E-state index contributed by atoms with van der Waals surface area (Å²) in [5.41, 5.74) is 10.6. The van der Waals surface area contributed by atoms with Crippen LogP contribution in [0.4, 0.5) is 0 Å². The third kappa shape index (κ3) is 3.79. The summed E-state index contributed by atoms with van der Waals surface area (Å²) in [6, 6.07) is 2.06. The zero-order valence-corrected chi connectivity index (χ0v) is 14.6. The number of hydrogen-bond acceptors (Lipinski definition) is 4. The maximum atomic E-state index is 11.9. The largest absolute Gasteiger partial charge is 0.367 e. The summed E-state index contributed by atoms with van der Waals surface area (Å²) in [4.78, 5) is 25.6. The van der Waals surface area contributed by atoms with Crippen LogP contribution in [0.1, 0.15) is 46.5 Å². The molecule has 0 bridgehead atoms. The predicted molar refractivity (Wildman–Crippen MR) is 89.5 cm³/mol. The van der Waals surface area contributed by atoms with Gasteiger partial charge in [0.15, 0.2) is 5.78 Å². The van der Waals surface area contributed by atoms with Gasteiger partial charge in [0.05, 0.1) is 6.10 Å². The van der Waals surface area contributed by atoms with Crippen molar-refractivity contribution in [2.24, 2.45) is 5.73 Å². The highest BCUT2D eigenvalue weighted by Gasteiger charge is 2.29. The highest BCUT2D eigenvalue weighted by molar-refractivity contribution is 5.97. The molecular weight excluding hydrogens is 292 g/mol. The van der Waals surface area contributed by atoms with Gasteiger partial charge in [-0.3, -0.25) is 14.5 Å². The Hall–Kier alpha value is -1.72. The van der Waals surface area contributed by atoms with E-state index in [1.165, 1.54) is 5.56 Å². The van der Waals surface area contributed by atoms with Crippen LogP contribution < -0.4 is 5.73 Å². The molecule has 0 unspecified atom stereocenters. The fraction of sp³-hybridized carbons (Fsp3) is 0.556. The van der Waals surface area contributed by atoms with Crippen molar-refractivity contribution in [1.82, 2.24) is 4.90 Å². The lowest BCUT2D eigenvalue weighted by Gasteiger charge is -2.36. The van der Waals surface area contributed by atoms with Crippen molar-refractivity contribution in [3.05, 3.63) is 33.9 Å². The van der Waals surface area contributed by atoms with Gasteiger partial charge in [-0.1, -0.05) is 6.07 Å². The molecule has 1 aromatic carbocycles. The second kappa shape index (κ2) is 6.81. The number of ketones is 1. The van der Waals surface area contributed by atoms with Crippen molar-refractivity contribution in [2.45, 2.75) is 53.4 Å². The third-order valence-electron chi connectivity index (χ3n) is 4.52. The van der Waals surface area contributed by atoms with E-state index in [9.17, 15) is 9.59 Å². The van der Waals surface area contributed by atoms with Crippen LogP contribution in [0.5, 0.6) is 0 Å². The van der Waals surface area contributed by atoms with Crippen LogP contribution in [0, 0.1) is 20.8 Å².